The van der Waals surface area contributed by atoms with Crippen molar-refractivity contribution in [1.82, 2.24) is 9.80 Å². The van der Waals surface area contributed by atoms with Crippen LogP contribution in [-0.2, 0) is 9.59 Å². The van der Waals surface area contributed by atoms with E-state index >= 15 is 0 Å². The molecular weight excluding hydrogens is 333 g/mol. The molecule has 1 aromatic carbocycles. The number of rotatable bonds is 4. The fourth-order valence-corrected chi connectivity index (χ4v) is 3.13. The molecule has 3 rings (SSSR count). The SMILES string of the molecule is CC(C(=O)Nc1ccc(F)cc1Cl)N1CCN(C(=O)C2CC2)CC1. The molecule has 1 atom stereocenters. The normalized spacial score (nSPS) is 19.9. The van der Waals surface area contributed by atoms with Crippen molar-refractivity contribution >= 4 is 29.1 Å². The molecule has 1 N–H and O–H groups in total. The fourth-order valence-electron chi connectivity index (χ4n) is 2.91. The van der Waals surface area contributed by atoms with E-state index in [1.165, 1.54) is 18.2 Å². The average molecular weight is 354 g/mol. The Kier molecular flexibility index (Phi) is 5.06. The first kappa shape index (κ1) is 17.2. The molecule has 7 heteroatoms. The van der Waals surface area contributed by atoms with Gasteiger partial charge in [0.15, 0.2) is 0 Å². The van der Waals surface area contributed by atoms with Crippen LogP contribution >= 0.6 is 11.6 Å². The van der Waals surface area contributed by atoms with E-state index in [4.69, 9.17) is 11.6 Å². The van der Waals surface area contributed by atoms with Gasteiger partial charge in [-0.2, -0.15) is 0 Å². The number of hydrogen-bond donors (Lipinski definition) is 1. The summed E-state index contributed by atoms with van der Waals surface area (Å²) in [5.74, 6) is -0.143. The van der Waals surface area contributed by atoms with Crippen molar-refractivity contribution in [1.29, 1.82) is 0 Å². The van der Waals surface area contributed by atoms with E-state index < -0.39 is 5.82 Å². The molecule has 1 heterocycles. The third-order valence-electron chi connectivity index (χ3n) is 4.67. The molecule has 5 nitrogen and oxygen atoms in total. The highest BCUT2D eigenvalue weighted by Gasteiger charge is 2.35. The molecule has 1 aliphatic heterocycles. The largest absolute Gasteiger partial charge is 0.340 e. The first-order chi connectivity index (χ1) is 11.5. The van der Waals surface area contributed by atoms with Crippen molar-refractivity contribution in [2.24, 2.45) is 5.92 Å². The molecule has 2 amide bonds. The Hall–Kier alpha value is -1.66. The second-order valence-electron chi connectivity index (χ2n) is 6.42. The van der Waals surface area contributed by atoms with Gasteiger partial charge in [0, 0.05) is 32.1 Å². The number of carbonyl (C=O) groups excluding carboxylic acids is 2. The van der Waals surface area contributed by atoms with Gasteiger partial charge in [-0.15, -0.1) is 0 Å². The maximum Gasteiger partial charge on any atom is 0.241 e. The second-order valence-corrected chi connectivity index (χ2v) is 6.83. The van der Waals surface area contributed by atoms with Crippen molar-refractivity contribution in [2.75, 3.05) is 31.5 Å². The Morgan fingerprint density at radius 1 is 1.25 bits per heavy atom. The minimum atomic E-state index is -0.442. The first-order valence-corrected chi connectivity index (χ1v) is 8.62. The molecule has 1 aliphatic carbocycles. The monoisotopic (exact) mass is 353 g/mol. The summed E-state index contributed by atoms with van der Waals surface area (Å²) in [7, 11) is 0. The summed E-state index contributed by atoms with van der Waals surface area (Å²) in [4.78, 5) is 28.4. The zero-order valence-electron chi connectivity index (χ0n) is 13.6. The molecule has 2 fully saturated rings. The van der Waals surface area contributed by atoms with Crippen molar-refractivity contribution in [3.05, 3.63) is 29.0 Å². The Morgan fingerprint density at radius 3 is 2.50 bits per heavy atom. The molecule has 2 aliphatic rings. The molecule has 130 valence electrons. The van der Waals surface area contributed by atoms with Crippen LogP contribution in [0, 0.1) is 11.7 Å². The maximum atomic E-state index is 13.1. The van der Waals surface area contributed by atoms with Crippen LogP contribution in [0.2, 0.25) is 5.02 Å². The van der Waals surface area contributed by atoms with Crippen LogP contribution in [0.1, 0.15) is 19.8 Å². The lowest BCUT2D eigenvalue weighted by Gasteiger charge is -2.37. The molecule has 24 heavy (non-hydrogen) atoms. The summed E-state index contributed by atoms with van der Waals surface area (Å²) >= 11 is 5.94. The lowest BCUT2D eigenvalue weighted by molar-refractivity contribution is -0.135. The van der Waals surface area contributed by atoms with Gasteiger partial charge in [0.05, 0.1) is 16.8 Å². The third-order valence-corrected chi connectivity index (χ3v) is 4.98. The standard InChI is InChI=1S/C17H21ClFN3O2/c1-11(16(23)20-15-5-4-13(19)10-14(15)18)21-6-8-22(9-7-21)17(24)12-2-3-12/h4-5,10-12H,2-3,6-9H2,1H3,(H,20,23). The highest BCUT2D eigenvalue weighted by atomic mass is 35.5. The van der Waals surface area contributed by atoms with Gasteiger partial charge in [0.25, 0.3) is 0 Å². The number of carbonyl (C=O) groups is 2. The van der Waals surface area contributed by atoms with Gasteiger partial charge in [-0.1, -0.05) is 11.6 Å². The van der Waals surface area contributed by atoms with Crippen LogP contribution in [0.25, 0.3) is 0 Å². The summed E-state index contributed by atoms with van der Waals surface area (Å²) in [5.41, 5.74) is 0.400. The molecule has 0 bridgehead atoms. The van der Waals surface area contributed by atoms with Crippen LogP contribution in [0.4, 0.5) is 10.1 Å². The number of nitrogens with zero attached hydrogens (tertiary/aromatic N) is 2. The van der Waals surface area contributed by atoms with Crippen LogP contribution in [-0.4, -0.2) is 53.8 Å². The number of benzene rings is 1. The summed E-state index contributed by atoms with van der Waals surface area (Å²) < 4.78 is 13.1. The van der Waals surface area contributed by atoms with Gasteiger partial charge in [0.1, 0.15) is 5.82 Å². The summed E-state index contributed by atoms with van der Waals surface area (Å²) in [6.07, 6.45) is 2.02. The smallest absolute Gasteiger partial charge is 0.241 e. The zero-order valence-corrected chi connectivity index (χ0v) is 14.4. The Bertz CT molecular complexity index is 643. The predicted molar refractivity (Wildman–Crippen MR) is 90.4 cm³/mol. The molecule has 1 saturated heterocycles. The van der Waals surface area contributed by atoms with Gasteiger partial charge < -0.3 is 10.2 Å². The van der Waals surface area contributed by atoms with Crippen molar-refractivity contribution in [2.45, 2.75) is 25.8 Å². The molecule has 1 unspecified atom stereocenters. The summed E-state index contributed by atoms with van der Waals surface area (Å²) in [6, 6.07) is 3.54. The Balaban J connectivity index is 1.53. The molecular formula is C17H21ClFN3O2. The first-order valence-electron chi connectivity index (χ1n) is 8.24. The summed E-state index contributed by atoms with van der Waals surface area (Å²) in [5, 5.41) is 2.91. The highest BCUT2D eigenvalue weighted by molar-refractivity contribution is 6.33. The number of amides is 2. The predicted octanol–water partition coefficient (Wildman–Crippen LogP) is 2.36. The van der Waals surface area contributed by atoms with Crippen molar-refractivity contribution in [3.63, 3.8) is 0 Å². The number of anilines is 1. The topological polar surface area (TPSA) is 52.7 Å². The van der Waals surface area contributed by atoms with Crippen molar-refractivity contribution in [3.8, 4) is 0 Å². The lowest BCUT2D eigenvalue weighted by atomic mass is 10.2. The quantitative estimate of drug-likeness (QED) is 0.904. The number of halogens is 2. The lowest BCUT2D eigenvalue weighted by Crippen LogP contribution is -2.54. The van der Waals surface area contributed by atoms with Gasteiger partial charge in [-0.3, -0.25) is 14.5 Å². The Morgan fingerprint density at radius 2 is 1.92 bits per heavy atom. The van der Waals surface area contributed by atoms with Gasteiger partial charge in [-0.05, 0) is 38.0 Å². The minimum absolute atomic E-state index is 0.176. The van der Waals surface area contributed by atoms with Crippen LogP contribution in [0.3, 0.4) is 0 Å². The van der Waals surface area contributed by atoms with E-state index in [0.717, 1.165) is 12.8 Å². The molecule has 0 aromatic heterocycles. The van der Waals surface area contributed by atoms with E-state index in [1.54, 1.807) is 0 Å². The van der Waals surface area contributed by atoms with Gasteiger partial charge in [0.2, 0.25) is 11.8 Å². The van der Waals surface area contributed by atoms with Crippen LogP contribution < -0.4 is 5.32 Å². The van der Waals surface area contributed by atoms with Crippen LogP contribution in [0.15, 0.2) is 18.2 Å². The molecule has 1 saturated carbocycles. The zero-order chi connectivity index (χ0) is 17.3. The number of piperazine rings is 1. The summed E-state index contributed by atoms with van der Waals surface area (Å²) in [6.45, 7) is 4.48. The Labute approximate surface area is 145 Å². The maximum absolute atomic E-state index is 13.1. The van der Waals surface area contributed by atoms with E-state index in [0.29, 0.717) is 31.9 Å². The third kappa shape index (κ3) is 3.87. The van der Waals surface area contributed by atoms with Crippen LogP contribution in [0.5, 0.6) is 0 Å². The molecule has 1 aromatic rings. The van der Waals surface area contributed by atoms with E-state index in [-0.39, 0.29) is 28.8 Å². The number of nitrogens with one attached hydrogen (secondary N) is 1. The average Bonchev–Trinajstić information content (AvgIpc) is 3.41. The minimum Gasteiger partial charge on any atom is -0.340 e. The second kappa shape index (κ2) is 7.07. The highest BCUT2D eigenvalue weighted by Crippen LogP contribution is 2.31. The number of hydrogen-bond acceptors (Lipinski definition) is 3. The molecule has 0 radical (unpaired) electrons. The van der Waals surface area contributed by atoms with Crippen molar-refractivity contribution < 1.29 is 14.0 Å². The van der Waals surface area contributed by atoms with E-state index in [1.807, 2.05) is 16.7 Å². The van der Waals surface area contributed by atoms with E-state index in [9.17, 15) is 14.0 Å². The van der Waals surface area contributed by atoms with Gasteiger partial charge in [-0.25, -0.2) is 4.39 Å². The fraction of sp³-hybridized carbons (Fsp3) is 0.529. The molecule has 0 spiro atoms. The van der Waals surface area contributed by atoms with Gasteiger partial charge >= 0.3 is 0 Å². The van der Waals surface area contributed by atoms with E-state index in [2.05, 4.69) is 5.32 Å².